The number of sulfone groups is 2. The van der Waals surface area contributed by atoms with Gasteiger partial charge in [-0.3, -0.25) is 71.9 Å². The van der Waals surface area contributed by atoms with E-state index in [1.54, 1.807) is 31.7 Å². The molecule has 38 nitrogen and oxygen atoms in total. The molecule has 0 bridgehead atoms. The van der Waals surface area contributed by atoms with Crippen molar-refractivity contribution < 1.29 is 88.8 Å². The standard InChI is InChI=1S/C82H107N19O19S3/c1-53(2)75(77(115)90-54(3)76(114)89-52-81(4,5)121-82(60-27-21-18-22-28-60,61-29-23-19-24-30-61)62-31-25-20-26-32-62)91-64(103)41-83-63(102)40-84-65(104)42-92(6)66(105)43-93(7)67(106)44-94(8)68(107)45-95(9)69(108)46-96(10)70(109)47-97(11)71(110)48-98(12)72(111)49-99(13)73(112)50-100(14)74(113)51-101(15)78(116)57-34-55(58-36-85-79(86-37-58)122(16,117)118)33-56(35-57)59-38-87-80(88-39-59)123(17,119)120/h18-39,53-54,75H,40-52H2,1-17H3,(H,83,102)(H,84,104)(H,89,114)(H,90,115)(H,91,103)/t54-,75-/m0/s1. The first-order chi connectivity index (χ1) is 57.5. The maximum atomic E-state index is 14.0. The maximum Gasteiger partial charge on any atom is 0.254 e. The third-order valence-electron chi connectivity index (χ3n) is 19.2. The fourth-order valence-corrected chi connectivity index (χ4v) is 14.5. The Morgan fingerprint density at radius 2 is 0.659 bits per heavy atom. The van der Waals surface area contributed by atoms with Gasteiger partial charge in [0.15, 0.2) is 0 Å². The minimum atomic E-state index is -3.77. The third-order valence-corrected chi connectivity index (χ3v) is 22.7. The second-order valence-corrected chi connectivity index (χ2v) is 36.4. The molecule has 6 aromatic rings. The van der Waals surface area contributed by atoms with Crippen LogP contribution in [-0.4, -0.2) is 359 Å². The van der Waals surface area contributed by atoms with Gasteiger partial charge in [-0.25, -0.2) is 36.8 Å². The van der Waals surface area contributed by atoms with Gasteiger partial charge in [0.1, 0.15) is 12.1 Å². The molecule has 0 spiro atoms. The topological polar surface area (TPSA) is 468 Å². The lowest BCUT2D eigenvalue weighted by molar-refractivity contribution is -0.146. The molecule has 0 saturated carbocycles. The molecule has 0 aliphatic rings. The molecule has 662 valence electrons. The lowest BCUT2D eigenvalue weighted by atomic mass is 9.84. The number of carbonyl (C=O) groups excluding carboxylic acids is 15. The smallest absolute Gasteiger partial charge is 0.254 e. The molecule has 123 heavy (non-hydrogen) atoms. The van der Waals surface area contributed by atoms with Crippen LogP contribution in [0.1, 0.15) is 61.7 Å². The first-order valence-corrected chi connectivity index (χ1v) is 43.0. The predicted octanol–water partition coefficient (Wildman–Crippen LogP) is -0.897. The lowest BCUT2D eigenvalue weighted by Gasteiger charge is -2.41. The van der Waals surface area contributed by atoms with Crippen molar-refractivity contribution in [1.29, 1.82) is 0 Å². The quantitative estimate of drug-likeness (QED) is 0.0229. The van der Waals surface area contributed by atoms with Crippen molar-refractivity contribution in [1.82, 2.24) is 95.5 Å². The van der Waals surface area contributed by atoms with E-state index >= 15 is 0 Å². The molecule has 5 N–H and O–H groups in total. The highest BCUT2D eigenvalue weighted by Gasteiger charge is 2.43. The average molecular weight is 1760 g/mol. The van der Waals surface area contributed by atoms with E-state index in [4.69, 9.17) is 0 Å². The fourth-order valence-electron chi connectivity index (χ4n) is 11.8. The first-order valence-electron chi connectivity index (χ1n) is 38.4. The van der Waals surface area contributed by atoms with E-state index in [0.717, 1.165) is 78.2 Å². The van der Waals surface area contributed by atoms with Gasteiger partial charge in [0, 0.05) is 136 Å². The van der Waals surface area contributed by atoms with E-state index in [1.807, 2.05) is 68.4 Å². The summed E-state index contributed by atoms with van der Waals surface area (Å²) in [6.45, 7) is 2.56. The minimum absolute atomic E-state index is 0.0127. The number of amides is 15. The van der Waals surface area contributed by atoms with E-state index in [2.05, 4.69) is 82.9 Å². The van der Waals surface area contributed by atoms with Crippen molar-refractivity contribution in [2.24, 2.45) is 5.92 Å². The Kier molecular flexibility index (Phi) is 35.7. The number of nitrogens with zero attached hydrogens (tertiary/aromatic N) is 14. The Morgan fingerprint density at radius 3 is 0.967 bits per heavy atom. The van der Waals surface area contributed by atoms with E-state index in [9.17, 15) is 88.8 Å². The number of aromatic nitrogens is 4. The summed E-state index contributed by atoms with van der Waals surface area (Å²) in [7, 11) is 5.31. The number of benzene rings is 4. The molecule has 15 amide bonds. The minimum Gasteiger partial charge on any atom is -0.353 e. The highest BCUT2D eigenvalue weighted by molar-refractivity contribution is 8.02. The number of rotatable bonds is 41. The maximum absolute atomic E-state index is 14.0. The highest BCUT2D eigenvalue weighted by atomic mass is 32.2. The summed E-state index contributed by atoms with van der Waals surface area (Å²) in [5.74, 6) is -10.8. The van der Waals surface area contributed by atoms with Crippen molar-refractivity contribution in [3.8, 4) is 22.3 Å². The summed E-state index contributed by atoms with van der Waals surface area (Å²) < 4.78 is 47.0. The number of likely N-dealkylation sites (N-methyl/N-ethyl adjacent to an activating group) is 10. The second kappa shape index (κ2) is 44.2. The molecule has 0 radical (unpaired) electrons. The van der Waals surface area contributed by atoms with Crippen LogP contribution in [0.25, 0.3) is 22.3 Å². The number of nitrogens with one attached hydrogen (secondary N) is 5. The van der Waals surface area contributed by atoms with Gasteiger partial charge in [-0.15, -0.1) is 11.8 Å². The molecule has 2 atom stereocenters. The molecule has 2 aromatic heterocycles. The van der Waals surface area contributed by atoms with Crippen LogP contribution in [0, 0.1) is 5.92 Å². The number of hydrogen-bond acceptors (Lipinski definition) is 24. The molecule has 41 heteroatoms. The summed E-state index contributed by atoms with van der Waals surface area (Å²) in [6, 6.07) is 32.7. The zero-order valence-electron chi connectivity index (χ0n) is 71.9. The van der Waals surface area contributed by atoms with Gasteiger partial charge in [0.25, 0.3) is 5.91 Å². The van der Waals surface area contributed by atoms with Crippen LogP contribution in [0.4, 0.5) is 0 Å². The Morgan fingerprint density at radius 1 is 0.366 bits per heavy atom. The molecule has 0 unspecified atom stereocenters. The average Bonchev–Trinajstić information content (AvgIpc) is 0.746. The molecular weight excluding hydrogens is 1650 g/mol. The third kappa shape index (κ3) is 29.3. The van der Waals surface area contributed by atoms with Crippen LogP contribution < -0.4 is 26.6 Å². The molecule has 0 saturated heterocycles. The van der Waals surface area contributed by atoms with Gasteiger partial charge in [0.2, 0.25) is 113 Å². The van der Waals surface area contributed by atoms with E-state index in [-0.39, 0.29) is 23.2 Å². The fraction of sp³-hybridized carbons (Fsp3) is 0.427. The number of hydrogen-bond donors (Lipinski definition) is 5. The van der Waals surface area contributed by atoms with Crippen LogP contribution in [0.3, 0.4) is 0 Å². The molecule has 0 aliphatic carbocycles. The molecule has 2 heterocycles. The first kappa shape index (κ1) is 99.2. The molecule has 0 aliphatic heterocycles. The number of thioether (sulfide) groups is 1. The zero-order chi connectivity index (χ0) is 91.8. The van der Waals surface area contributed by atoms with Gasteiger partial charge < -0.3 is 75.6 Å². The van der Waals surface area contributed by atoms with Crippen molar-refractivity contribution in [3.63, 3.8) is 0 Å². The predicted molar refractivity (Wildman–Crippen MR) is 455 cm³/mol. The van der Waals surface area contributed by atoms with Crippen molar-refractivity contribution in [2.45, 2.75) is 66.5 Å². The zero-order valence-corrected chi connectivity index (χ0v) is 74.3. The highest BCUT2D eigenvalue weighted by Crippen LogP contribution is 2.53. The van der Waals surface area contributed by atoms with Gasteiger partial charge in [-0.05, 0) is 72.7 Å². The Bertz CT molecular complexity index is 4900. The summed E-state index contributed by atoms with van der Waals surface area (Å²) in [5, 5.41) is 12.1. The Hall–Kier alpha value is -12.7. The summed E-state index contributed by atoms with van der Waals surface area (Å²) >= 11 is 1.69. The summed E-state index contributed by atoms with van der Waals surface area (Å²) in [5.41, 5.74) is 4.39. The van der Waals surface area contributed by atoms with Crippen LogP contribution in [0.2, 0.25) is 0 Å². The van der Waals surface area contributed by atoms with E-state index in [0.29, 0.717) is 11.1 Å². The van der Waals surface area contributed by atoms with Crippen LogP contribution in [-0.2, 0) is 91.5 Å². The summed E-state index contributed by atoms with van der Waals surface area (Å²) in [4.78, 5) is 225. The lowest BCUT2D eigenvalue weighted by Crippen LogP contribution is -2.56. The van der Waals surface area contributed by atoms with Gasteiger partial charge in [-0.2, -0.15) is 0 Å². The van der Waals surface area contributed by atoms with Gasteiger partial charge >= 0.3 is 0 Å². The Labute approximate surface area is 719 Å². The van der Waals surface area contributed by atoms with Crippen LogP contribution in [0.5, 0.6) is 0 Å². The van der Waals surface area contributed by atoms with E-state index in [1.165, 1.54) is 114 Å². The number of carbonyl (C=O) groups is 15. The molecule has 0 fully saturated rings. The van der Waals surface area contributed by atoms with Crippen LogP contribution in [0.15, 0.2) is 144 Å². The Balaban J connectivity index is 0.854. The van der Waals surface area contributed by atoms with Gasteiger partial charge in [0.05, 0.1) is 83.3 Å². The van der Waals surface area contributed by atoms with Crippen molar-refractivity contribution >= 4 is 120 Å². The SMILES string of the molecule is CC(C)[C@H](NC(=O)CNC(=O)CNC(=O)CN(C)C(=O)CN(C)C(=O)CN(C)C(=O)CN(C)C(=O)CN(C)C(=O)CN(C)C(=O)CN(C)C(=O)CN(C)C(=O)CN(C)C(=O)CN(C)C(=O)c1cc(-c2cnc(S(C)(=O)=O)nc2)cc(-c2cnc(S(C)(=O)=O)nc2)c1)C(=O)N[C@@H](C)C(=O)NCC(C)(C)SC(c1ccccc1)(c1ccccc1)c1ccccc1. The normalized spacial score (nSPS) is 11.9. The monoisotopic (exact) mass is 1760 g/mol. The summed E-state index contributed by atoms with van der Waals surface area (Å²) in [6.07, 6.45) is 6.78. The van der Waals surface area contributed by atoms with Crippen LogP contribution >= 0.6 is 11.8 Å². The second-order valence-electron chi connectivity index (χ2n) is 30.7. The molecule has 4 aromatic carbocycles. The molecule has 6 rings (SSSR count). The van der Waals surface area contributed by atoms with Crippen molar-refractivity contribution in [2.75, 3.05) is 168 Å². The van der Waals surface area contributed by atoms with Crippen molar-refractivity contribution in [3.05, 3.63) is 156 Å². The van der Waals surface area contributed by atoms with Gasteiger partial charge in [-0.1, -0.05) is 105 Å². The molecular formula is C82H107N19O19S3. The largest absolute Gasteiger partial charge is 0.353 e. The van der Waals surface area contributed by atoms with E-state index < -0.39 is 225 Å².